The van der Waals surface area contributed by atoms with E-state index in [1.54, 1.807) is 68.6 Å². The number of aliphatic hydroxyl groups excluding tert-OH is 1. The van der Waals surface area contributed by atoms with Gasteiger partial charge in [-0.2, -0.15) is 0 Å². The Morgan fingerprint density at radius 3 is 1.05 bits per heavy atom. The van der Waals surface area contributed by atoms with E-state index in [9.17, 15) is 14.4 Å². The molecule has 18 heteroatoms. The molecule has 0 spiro atoms. The normalized spacial score (nSPS) is 14.7. The highest BCUT2D eigenvalue weighted by molar-refractivity contribution is 6.38. The van der Waals surface area contributed by atoms with Gasteiger partial charge in [-0.05, 0) is 185 Å². The molecular formula is C55H47Cl10N3O5. The SMILES string of the molecule is CC(=O)C1=Cc2c(Cl)cc(Cl)cc2C1.CC(N)C1=Cc2c(Cl)cc(Cl)cc2C1.CC(N)C1=Cc2c(Cl)cc(Cl)cc2C1.CN(CO)C(=O)C1=Cc2c(Cl)cc(Cl)cc2C1.O=C(O)C1=Cc2c(Cl)cc(Cl)cc2C1. The smallest absolute Gasteiger partial charge is 0.331 e. The summed E-state index contributed by atoms with van der Waals surface area (Å²) >= 11 is 59.5. The maximum atomic E-state index is 11.9. The highest BCUT2D eigenvalue weighted by Crippen LogP contribution is 2.38. The number of Topliss-reactive ketones (excluding diaryl/α,β-unsaturated/α-hetero) is 1. The number of nitrogens with zero attached hydrogens (tertiary/aromatic N) is 1. The van der Waals surface area contributed by atoms with E-state index in [0.717, 1.165) is 62.9 Å². The number of aliphatic carboxylic acids is 1. The molecule has 5 aliphatic rings. The molecule has 2 unspecified atom stereocenters. The van der Waals surface area contributed by atoms with Gasteiger partial charge in [0.25, 0.3) is 5.91 Å². The summed E-state index contributed by atoms with van der Waals surface area (Å²) in [5, 5.41) is 23.9. The van der Waals surface area contributed by atoms with Crippen molar-refractivity contribution in [1.82, 2.24) is 4.90 Å². The molecule has 0 fully saturated rings. The van der Waals surface area contributed by atoms with Crippen molar-refractivity contribution in [3.05, 3.63) is 194 Å². The molecule has 0 radical (unpaired) electrons. The van der Waals surface area contributed by atoms with Crippen molar-refractivity contribution < 1.29 is 24.6 Å². The maximum Gasteiger partial charge on any atom is 0.331 e. The van der Waals surface area contributed by atoms with Gasteiger partial charge >= 0.3 is 5.97 Å². The summed E-state index contributed by atoms with van der Waals surface area (Å²) in [4.78, 5) is 35.0. The fraction of sp³-hybridized carbons (Fsp3) is 0.218. The fourth-order valence-electron chi connectivity index (χ4n) is 8.33. The third-order valence-electron chi connectivity index (χ3n) is 12.2. The molecule has 5 aromatic carbocycles. The molecule has 8 nitrogen and oxygen atoms in total. The number of carbonyl (C=O) groups excluding carboxylic acids is 2. The van der Waals surface area contributed by atoms with Crippen LogP contribution in [0.25, 0.3) is 30.4 Å². The Morgan fingerprint density at radius 2 is 0.753 bits per heavy atom. The van der Waals surface area contributed by atoms with Crippen molar-refractivity contribution in [2.45, 2.75) is 65.0 Å². The number of nitrogens with two attached hydrogens (primary N) is 2. The van der Waals surface area contributed by atoms with Gasteiger partial charge in [0.2, 0.25) is 0 Å². The van der Waals surface area contributed by atoms with E-state index in [1.807, 2.05) is 38.1 Å². The number of carboxylic acid groups (broad SMARTS) is 1. The van der Waals surface area contributed by atoms with Crippen LogP contribution in [-0.2, 0) is 46.5 Å². The number of halogens is 10. The highest BCUT2D eigenvalue weighted by atomic mass is 35.5. The van der Waals surface area contributed by atoms with Gasteiger partial charge in [0.05, 0.1) is 0 Å². The van der Waals surface area contributed by atoms with Gasteiger partial charge in [-0.15, -0.1) is 0 Å². The first-order valence-electron chi connectivity index (χ1n) is 22.4. The van der Waals surface area contributed by atoms with Crippen LogP contribution in [0.3, 0.4) is 0 Å². The van der Waals surface area contributed by atoms with Crippen molar-refractivity contribution in [3.8, 4) is 0 Å². The second-order valence-corrected chi connectivity index (χ2v) is 21.9. The van der Waals surface area contributed by atoms with Crippen molar-refractivity contribution in [1.29, 1.82) is 0 Å². The Bertz CT molecular complexity index is 3050. The zero-order valence-corrected chi connectivity index (χ0v) is 47.1. The number of fused-ring (bicyclic) bond motifs is 5. The largest absolute Gasteiger partial charge is 0.478 e. The van der Waals surface area contributed by atoms with Crippen LogP contribution in [0, 0.1) is 0 Å². The van der Waals surface area contributed by atoms with Gasteiger partial charge in [0.1, 0.15) is 6.73 Å². The average molecular weight is 1180 g/mol. The predicted octanol–water partition coefficient (Wildman–Crippen LogP) is 15.4. The van der Waals surface area contributed by atoms with Gasteiger partial charge in [-0.25, -0.2) is 4.79 Å². The first-order chi connectivity index (χ1) is 34.3. The number of rotatable bonds is 6. The van der Waals surface area contributed by atoms with E-state index in [0.29, 0.717) is 80.6 Å². The lowest BCUT2D eigenvalue weighted by molar-refractivity contribution is -0.132. The van der Waals surface area contributed by atoms with Gasteiger partial charge < -0.3 is 26.6 Å². The number of carbonyl (C=O) groups is 3. The standard InChI is InChI=1S/C12H11Cl2NO2.2C11H11Cl2N.C11H8Cl2O.C10H6Cl2O2/c1-15(6-16)12(17)8-2-7-3-9(13)5-11(14)10(7)4-8;3*1-6(14)7-2-8-3-9(12)5-11(13)10(8)4-7;11-7-2-5-1-6(10(13)14)3-8(5)9(12)4-7/h3-5,16H,2,6H2,1H3;2*3-6H,2,14H2,1H3;3-5H,2H2,1H3;2-4H,1H2,(H,13,14). The number of benzene rings is 5. The number of amides is 1. The third kappa shape index (κ3) is 14.8. The molecule has 6 N–H and O–H groups in total. The second kappa shape index (κ2) is 25.4. The zero-order valence-electron chi connectivity index (χ0n) is 39.6. The Morgan fingerprint density at radius 1 is 0.479 bits per heavy atom. The van der Waals surface area contributed by atoms with Crippen LogP contribution < -0.4 is 11.5 Å². The minimum atomic E-state index is -0.909. The summed E-state index contributed by atoms with van der Waals surface area (Å²) in [6.07, 6.45) is 12.6. The molecule has 73 heavy (non-hydrogen) atoms. The lowest BCUT2D eigenvalue weighted by Gasteiger charge is -2.13. The van der Waals surface area contributed by atoms with E-state index in [4.69, 9.17) is 138 Å². The topological polar surface area (TPSA) is 147 Å². The average Bonchev–Trinajstić information content (AvgIpc) is 4.16. The van der Waals surface area contributed by atoms with Crippen LogP contribution in [0.1, 0.15) is 76.4 Å². The summed E-state index contributed by atoms with van der Waals surface area (Å²) in [6, 6.07) is 18.0. The first-order valence-corrected chi connectivity index (χ1v) is 26.2. The number of aliphatic hydroxyl groups is 1. The van der Waals surface area contributed by atoms with Crippen molar-refractivity contribution in [2.24, 2.45) is 11.5 Å². The number of hydrogen-bond donors (Lipinski definition) is 4. The fourth-order valence-corrected chi connectivity index (χ4v) is 11.3. The molecule has 0 heterocycles. The van der Waals surface area contributed by atoms with E-state index < -0.39 is 5.97 Å². The zero-order chi connectivity index (χ0) is 53.7. The minimum Gasteiger partial charge on any atom is -0.478 e. The van der Waals surface area contributed by atoms with Crippen molar-refractivity contribution >= 4 is 164 Å². The van der Waals surface area contributed by atoms with Crippen molar-refractivity contribution in [2.75, 3.05) is 13.8 Å². The number of ketones is 1. The van der Waals surface area contributed by atoms with Gasteiger partial charge in [0.15, 0.2) is 5.78 Å². The number of hydrogen-bond acceptors (Lipinski definition) is 6. The van der Waals surface area contributed by atoms with Crippen LogP contribution in [0.4, 0.5) is 0 Å². The Balaban J connectivity index is 0.000000149. The molecular weight excluding hydrogens is 1140 g/mol. The molecule has 0 saturated carbocycles. The minimum absolute atomic E-state index is 0.0808. The predicted molar refractivity (Wildman–Crippen MR) is 306 cm³/mol. The lowest BCUT2D eigenvalue weighted by Crippen LogP contribution is -2.28. The van der Waals surface area contributed by atoms with Crippen LogP contribution in [0.5, 0.6) is 0 Å². The number of allylic oxidation sites excluding steroid dienone is 1. The molecule has 10 rings (SSSR count). The van der Waals surface area contributed by atoms with Gasteiger partial charge in [-0.1, -0.05) is 128 Å². The first kappa shape index (κ1) is 58.5. The number of carboxylic acids is 1. The molecule has 0 bridgehead atoms. The molecule has 1 amide bonds. The van der Waals surface area contributed by atoms with Crippen LogP contribution in [0.2, 0.25) is 50.2 Å². The third-order valence-corrected chi connectivity index (χ3v) is 14.8. The van der Waals surface area contributed by atoms with E-state index in [1.165, 1.54) is 27.2 Å². The Labute approximate surface area is 474 Å². The Hall–Kier alpha value is -3.81. The molecule has 5 aromatic rings. The summed E-state index contributed by atoms with van der Waals surface area (Å²) < 4.78 is 0. The molecule has 0 aliphatic heterocycles. The van der Waals surface area contributed by atoms with E-state index in [2.05, 4.69) is 12.2 Å². The second-order valence-electron chi connectivity index (χ2n) is 17.7. The monoisotopic (exact) mass is 1180 g/mol. The highest BCUT2D eigenvalue weighted by Gasteiger charge is 2.25. The van der Waals surface area contributed by atoms with Crippen LogP contribution >= 0.6 is 116 Å². The van der Waals surface area contributed by atoms with Crippen LogP contribution in [-0.4, -0.2) is 58.6 Å². The summed E-state index contributed by atoms with van der Waals surface area (Å²) in [5.74, 6) is -1.02. The summed E-state index contributed by atoms with van der Waals surface area (Å²) in [5.41, 5.74) is 25.7. The van der Waals surface area contributed by atoms with Gasteiger partial charge in [-0.3, -0.25) is 9.59 Å². The maximum absolute atomic E-state index is 11.9. The lowest BCUT2D eigenvalue weighted by atomic mass is 10.1. The molecule has 2 atom stereocenters. The molecule has 5 aliphatic carbocycles. The number of likely N-dealkylation sites (N-methyl/N-ethyl adjacent to an activating group) is 1. The van der Waals surface area contributed by atoms with Crippen molar-refractivity contribution in [3.63, 3.8) is 0 Å². The van der Waals surface area contributed by atoms with E-state index in [-0.39, 0.29) is 30.5 Å². The summed E-state index contributed by atoms with van der Waals surface area (Å²) in [6.45, 7) is 5.22. The van der Waals surface area contributed by atoms with Gasteiger partial charge in [0, 0.05) is 99.8 Å². The Kier molecular flexibility index (Phi) is 20.3. The van der Waals surface area contributed by atoms with Crippen LogP contribution in [0.15, 0.2) is 88.5 Å². The summed E-state index contributed by atoms with van der Waals surface area (Å²) in [7, 11) is 1.54. The van der Waals surface area contributed by atoms with E-state index >= 15 is 0 Å². The quantitative estimate of drug-likeness (QED) is 0.124. The molecule has 382 valence electrons. The molecule has 0 saturated heterocycles. The molecule has 0 aromatic heterocycles.